The first-order valence-corrected chi connectivity index (χ1v) is 19.7. The van der Waals surface area contributed by atoms with Crippen LogP contribution >= 0.6 is 31.9 Å². The van der Waals surface area contributed by atoms with Crippen LogP contribution in [0.5, 0.6) is 0 Å². The van der Waals surface area contributed by atoms with E-state index < -0.39 is 0 Å². The molecule has 0 saturated heterocycles. The van der Waals surface area contributed by atoms with Crippen molar-refractivity contribution < 1.29 is 0 Å². The highest BCUT2D eigenvalue weighted by Gasteiger charge is 2.28. The highest BCUT2D eigenvalue weighted by Crippen LogP contribution is 2.41. The molecule has 0 amide bonds. The lowest BCUT2D eigenvalue weighted by Gasteiger charge is -2.25. The Bertz CT molecular complexity index is 1960. The molecule has 0 bridgehead atoms. The maximum absolute atomic E-state index is 3.77. The van der Waals surface area contributed by atoms with Gasteiger partial charge >= 0.3 is 0 Å². The number of nitrogens with zero attached hydrogens (tertiary/aromatic N) is 2. The first-order valence-electron chi connectivity index (χ1n) is 18.1. The van der Waals surface area contributed by atoms with Gasteiger partial charge < -0.3 is 9.13 Å². The monoisotopic (exact) mass is 760 g/mol. The van der Waals surface area contributed by atoms with Crippen LogP contribution in [0.25, 0.3) is 44.3 Å². The summed E-state index contributed by atoms with van der Waals surface area (Å²) in [5.41, 5.74) is 13.8. The molecule has 2 heterocycles. The van der Waals surface area contributed by atoms with Crippen molar-refractivity contribution in [3.05, 3.63) is 116 Å². The molecule has 4 heteroatoms. The maximum atomic E-state index is 3.77. The number of fused-ring (bicyclic) bond motifs is 6. The molecule has 2 atom stereocenters. The maximum Gasteiger partial charge on any atom is 0.0545 e. The van der Waals surface area contributed by atoms with Crippen molar-refractivity contribution in [2.24, 2.45) is 23.7 Å². The lowest BCUT2D eigenvalue weighted by molar-refractivity contribution is 0.368. The van der Waals surface area contributed by atoms with Crippen molar-refractivity contribution in [2.75, 3.05) is 0 Å². The molecule has 8 rings (SSSR count). The summed E-state index contributed by atoms with van der Waals surface area (Å²) in [5.74, 6) is 3.06. The SMILES string of the molecule is CC(C)CC1CCc2c(c3ccc(Br)cc3n2-c2ccc(-c3ccc(-n4c5c(c6ccc(Br)cc64)CC(CC(C)C)CC5)cc3)cc2)C1. The van der Waals surface area contributed by atoms with E-state index in [0.717, 1.165) is 45.5 Å². The van der Waals surface area contributed by atoms with Crippen molar-refractivity contribution in [1.82, 2.24) is 9.13 Å². The molecule has 0 aliphatic heterocycles. The first-order chi connectivity index (χ1) is 23.2. The third kappa shape index (κ3) is 5.92. The van der Waals surface area contributed by atoms with Gasteiger partial charge in [-0.25, -0.2) is 0 Å². The van der Waals surface area contributed by atoms with Crippen LogP contribution in [-0.2, 0) is 25.7 Å². The zero-order valence-electron chi connectivity index (χ0n) is 28.7. The van der Waals surface area contributed by atoms with E-state index in [2.05, 4.69) is 154 Å². The largest absolute Gasteiger partial charge is 0.313 e. The molecule has 2 nitrogen and oxygen atoms in total. The molecule has 2 aromatic heterocycles. The average Bonchev–Trinajstić information content (AvgIpc) is 3.55. The van der Waals surface area contributed by atoms with Crippen LogP contribution in [0.4, 0.5) is 0 Å². The summed E-state index contributed by atoms with van der Waals surface area (Å²) >= 11 is 7.54. The van der Waals surface area contributed by atoms with E-state index in [-0.39, 0.29) is 0 Å². The Hall–Kier alpha value is -3.08. The van der Waals surface area contributed by atoms with E-state index in [9.17, 15) is 0 Å². The summed E-state index contributed by atoms with van der Waals surface area (Å²) in [7, 11) is 0. The molecule has 0 saturated carbocycles. The summed E-state index contributed by atoms with van der Waals surface area (Å²) < 4.78 is 7.36. The van der Waals surface area contributed by atoms with Crippen LogP contribution in [0.2, 0.25) is 0 Å². The van der Waals surface area contributed by atoms with Gasteiger partial charge in [0.1, 0.15) is 0 Å². The Morgan fingerprint density at radius 1 is 0.562 bits per heavy atom. The Kier molecular flexibility index (Phi) is 8.70. The number of rotatable bonds is 7. The standard InChI is InChI=1S/C44H46Br2N2/c1-27(2)21-29-5-19-41-39(23-29)37-17-11-33(45)25-43(37)47(41)35-13-7-31(8-14-35)32-9-15-36(16-10-32)48-42-20-6-30(22-28(3)4)24-40(42)38-18-12-34(46)26-44(38)48/h7-18,25-30H,5-6,19-24H2,1-4H3. The smallest absolute Gasteiger partial charge is 0.0545 e. The van der Waals surface area contributed by atoms with E-state index in [0.29, 0.717) is 0 Å². The van der Waals surface area contributed by atoms with E-state index >= 15 is 0 Å². The van der Waals surface area contributed by atoms with E-state index in [4.69, 9.17) is 0 Å². The topological polar surface area (TPSA) is 9.86 Å². The Morgan fingerprint density at radius 2 is 0.958 bits per heavy atom. The van der Waals surface area contributed by atoms with Gasteiger partial charge in [0.05, 0.1) is 11.0 Å². The molecule has 2 unspecified atom stereocenters. The highest BCUT2D eigenvalue weighted by atomic mass is 79.9. The second-order valence-electron chi connectivity index (χ2n) is 15.4. The van der Waals surface area contributed by atoms with Gasteiger partial charge in [-0.3, -0.25) is 0 Å². The first kappa shape index (κ1) is 32.1. The third-order valence-electron chi connectivity index (χ3n) is 11.0. The zero-order valence-corrected chi connectivity index (χ0v) is 31.9. The number of hydrogen-bond donors (Lipinski definition) is 0. The normalized spacial score (nSPS) is 17.8. The lowest BCUT2D eigenvalue weighted by Crippen LogP contribution is -2.17. The molecule has 0 radical (unpaired) electrons. The average molecular weight is 763 g/mol. The minimum atomic E-state index is 0.748. The van der Waals surface area contributed by atoms with Crippen LogP contribution in [0.3, 0.4) is 0 Å². The van der Waals surface area contributed by atoms with Gasteiger partial charge in [0.15, 0.2) is 0 Å². The summed E-state index contributed by atoms with van der Waals surface area (Å²) in [5, 5.41) is 2.84. The molecule has 48 heavy (non-hydrogen) atoms. The van der Waals surface area contributed by atoms with Crippen LogP contribution in [-0.4, -0.2) is 9.13 Å². The minimum Gasteiger partial charge on any atom is -0.313 e. The van der Waals surface area contributed by atoms with Gasteiger partial charge in [-0.15, -0.1) is 0 Å². The quantitative estimate of drug-likeness (QED) is 0.153. The summed E-state index contributed by atoms with van der Waals surface area (Å²) in [6, 6.07) is 32.2. The summed E-state index contributed by atoms with van der Waals surface area (Å²) in [6.07, 6.45) is 9.87. The summed E-state index contributed by atoms with van der Waals surface area (Å²) in [6.45, 7) is 9.45. The van der Waals surface area contributed by atoms with Crippen LogP contribution in [0.1, 0.15) is 75.9 Å². The minimum absolute atomic E-state index is 0.748. The van der Waals surface area contributed by atoms with E-state index in [1.54, 1.807) is 11.1 Å². The Balaban J connectivity index is 1.11. The van der Waals surface area contributed by atoms with Gasteiger partial charge in [0, 0.05) is 42.5 Å². The highest BCUT2D eigenvalue weighted by molar-refractivity contribution is 9.10. The predicted molar refractivity (Wildman–Crippen MR) is 211 cm³/mol. The predicted octanol–water partition coefficient (Wildman–Crippen LogP) is 13.1. The fraction of sp³-hybridized carbons (Fsp3) is 0.364. The van der Waals surface area contributed by atoms with Crippen molar-refractivity contribution in [2.45, 2.75) is 79.1 Å². The second kappa shape index (κ2) is 13.0. The molecule has 6 aromatic rings. The van der Waals surface area contributed by atoms with E-state index in [1.165, 1.54) is 94.2 Å². The van der Waals surface area contributed by atoms with Crippen LogP contribution in [0, 0.1) is 23.7 Å². The number of aromatic nitrogens is 2. The molecular formula is C44H46Br2N2. The molecular weight excluding hydrogens is 716 g/mol. The van der Waals surface area contributed by atoms with Crippen LogP contribution < -0.4 is 0 Å². The van der Waals surface area contributed by atoms with Crippen molar-refractivity contribution in [3.8, 4) is 22.5 Å². The Labute approximate surface area is 302 Å². The molecule has 2 aliphatic carbocycles. The zero-order chi connectivity index (χ0) is 33.1. The van der Waals surface area contributed by atoms with Gasteiger partial charge in [0.25, 0.3) is 0 Å². The van der Waals surface area contributed by atoms with Crippen molar-refractivity contribution >= 4 is 53.7 Å². The number of halogens is 2. The fourth-order valence-electron chi connectivity index (χ4n) is 9.14. The van der Waals surface area contributed by atoms with Crippen molar-refractivity contribution in [3.63, 3.8) is 0 Å². The molecule has 0 N–H and O–H groups in total. The molecule has 2 aliphatic rings. The van der Waals surface area contributed by atoms with Gasteiger partial charge in [0.2, 0.25) is 0 Å². The third-order valence-corrected chi connectivity index (χ3v) is 12.0. The van der Waals surface area contributed by atoms with Gasteiger partial charge in [-0.05, 0) is 146 Å². The molecule has 0 fully saturated rings. The van der Waals surface area contributed by atoms with Crippen molar-refractivity contribution in [1.29, 1.82) is 0 Å². The molecule has 4 aromatic carbocycles. The Morgan fingerprint density at radius 3 is 1.33 bits per heavy atom. The number of benzene rings is 4. The second-order valence-corrected chi connectivity index (χ2v) is 17.2. The fourth-order valence-corrected chi connectivity index (χ4v) is 9.84. The summed E-state index contributed by atoms with van der Waals surface area (Å²) in [4.78, 5) is 0. The molecule has 0 spiro atoms. The van der Waals surface area contributed by atoms with E-state index in [1.807, 2.05) is 0 Å². The van der Waals surface area contributed by atoms with Gasteiger partial charge in [-0.2, -0.15) is 0 Å². The van der Waals surface area contributed by atoms with Crippen LogP contribution in [0.15, 0.2) is 93.9 Å². The number of hydrogen-bond acceptors (Lipinski definition) is 0. The lowest BCUT2D eigenvalue weighted by atomic mass is 9.81. The van der Waals surface area contributed by atoms with Gasteiger partial charge in [-0.1, -0.05) is 96.0 Å². The molecule has 246 valence electrons.